The van der Waals surface area contributed by atoms with Gasteiger partial charge in [0.2, 0.25) is 11.8 Å². The summed E-state index contributed by atoms with van der Waals surface area (Å²) in [5, 5.41) is 11.9. The Balaban J connectivity index is 1.73. The smallest absolute Gasteiger partial charge is 0.252 e. The average molecular weight is 373 g/mol. The summed E-state index contributed by atoms with van der Waals surface area (Å²) in [6, 6.07) is 9.01. The predicted octanol–water partition coefficient (Wildman–Crippen LogP) is 2.57. The molecule has 0 radical (unpaired) electrons. The first-order chi connectivity index (χ1) is 12.4. The molecular weight excluding hydrogens is 350 g/mol. The van der Waals surface area contributed by atoms with Crippen LogP contribution in [-0.4, -0.2) is 30.3 Å². The van der Waals surface area contributed by atoms with Gasteiger partial charge in [0.25, 0.3) is 5.91 Å². The third-order valence-corrected chi connectivity index (χ3v) is 4.16. The summed E-state index contributed by atoms with van der Waals surface area (Å²) in [6.07, 6.45) is 0.495. The Kier molecular flexibility index (Phi) is 7.35. The number of anilines is 1. The standard InChI is InChI=1S/C19H23N3O3S/c1-13(2)21-18(24)11-14-3-5-16(6-4-14)22-17(23)7-9-20-19(25)15-8-10-26-12-15/h3-6,8,10,12-13H,7,9,11H2,1-2H3,(H,20,25)(H,21,24)(H,22,23). The van der Waals surface area contributed by atoms with Crippen LogP contribution in [0.4, 0.5) is 5.69 Å². The zero-order valence-corrected chi connectivity index (χ0v) is 15.7. The quantitative estimate of drug-likeness (QED) is 0.665. The van der Waals surface area contributed by atoms with Crippen LogP contribution in [-0.2, 0) is 16.0 Å². The van der Waals surface area contributed by atoms with Crippen molar-refractivity contribution in [3.63, 3.8) is 0 Å². The van der Waals surface area contributed by atoms with E-state index in [4.69, 9.17) is 0 Å². The van der Waals surface area contributed by atoms with Crippen molar-refractivity contribution in [3.8, 4) is 0 Å². The van der Waals surface area contributed by atoms with E-state index in [1.807, 2.05) is 31.4 Å². The molecule has 0 unspecified atom stereocenters. The normalized spacial score (nSPS) is 10.4. The van der Waals surface area contributed by atoms with Crippen LogP contribution in [0.3, 0.4) is 0 Å². The summed E-state index contributed by atoms with van der Waals surface area (Å²) in [7, 11) is 0. The Morgan fingerprint density at radius 1 is 1.04 bits per heavy atom. The third kappa shape index (κ3) is 6.68. The van der Waals surface area contributed by atoms with E-state index < -0.39 is 0 Å². The molecule has 0 fully saturated rings. The first-order valence-electron chi connectivity index (χ1n) is 8.42. The Hall–Kier alpha value is -2.67. The van der Waals surface area contributed by atoms with Crippen molar-refractivity contribution in [2.24, 2.45) is 0 Å². The molecule has 0 saturated carbocycles. The highest BCUT2D eigenvalue weighted by Gasteiger charge is 2.08. The lowest BCUT2D eigenvalue weighted by Gasteiger charge is -2.09. The van der Waals surface area contributed by atoms with Crippen molar-refractivity contribution < 1.29 is 14.4 Å². The van der Waals surface area contributed by atoms with Crippen molar-refractivity contribution in [1.29, 1.82) is 0 Å². The molecular formula is C19H23N3O3S. The summed E-state index contributed by atoms with van der Waals surface area (Å²) < 4.78 is 0. The van der Waals surface area contributed by atoms with E-state index in [1.54, 1.807) is 23.6 Å². The fourth-order valence-electron chi connectivity index (χ4n) is 2.27. The van der Waals surface area contributed by atoms with E-state index in [0.717, 1.165) is 5.56 Å². The van der Waals surface area contributed by atoms with Gasteiger partial charge >= 0.3 is 0 Å². The molecule has 7 heteroatoms. The van der Waals surface area contributed by atoms with Crippen LogP contribution < -0.4 is 16.0 Å². The van der Waals surface area contributed by atoms with Gasteiger partial charge in [-0.15, -0.1) is 0 Å². The lowest BCUT2D eigenvalue weighted by Crippen LogP contribution is -2.31. The molecule has 2 aromatic rings. The molecule has 0 aliphatic heterocycles. The maximum Gasteiger partial charge on any atom is 0.252 e. The summed E-state index contributed by atoms with van der Waals surface area (Å²) in [5.41, 5.74) is 2.14. The van der Waals surface area contributed by atoms with Gasteiger partial charge in [-0.2, -0.15) is 11.3 Å². The van der Waals surface area contributed by atoms with Crippen LogP contribution in [0.15, 0.2) is 41.1 Å². The van der Waals surface area contributed by atoms with E-state index in [0.29, 0.717) is 17.7 Å². The van der Waals surface area contributed by atoms with Crippen LogP contribution in [0.2, 0.25) is 0 Å². The highest BCUT2D eigenvalue weighted by molar-refractivity contribution is 7.08. The molecule has 0 atom stereocenters. The zero-order valence-electron chi connectivity index (χ0n) is 14.9. The lowest BCUT2D eigenvalue weighted by atomic mass is 10.1. The van der Waals surface area contributed by atoms with Crippen LogP contribution in [0.5, 0.6) is 0 Å². The van der Waals surface area contributed by atoms with Gasteiger partial charge < -0.3 is 16.0 Å². The first kappa shape index (κ1) is 19.7. The van der Waals surface area contributed by atoms with Gasteiger partial charge in [0, 0.05) is 35.6 Å². The number of hydrogen-bond donors (Lipinski definition) is 3. The van der Waals surface area contributed by atoms with Crippen molar-refractivity contribution in [2.45, 2.75) is 32.7 Å². The molecule has 3 amide bonds. The van der Waals surface area contributed by atoms with E-state index in [1.165, 1.54) is 11.3 Å². The van der Waals surface area contributed by atoms with Gasteiger partial charge in [0.15, 0.2) is 0 Å². The second-order valence-electron chi connectivity index (χ2n) is 6.16. The van der Waals surface area contributed by atoms with E-state index in [-0.39, 0.29) is 36.7 Å². The SMILES string of the molecule is CC(C)NC(=O)Cc1ccc(NC(=O)CCNC(=O)c2ccsc2)cc1. The minimum absolute atomic E-state index is 0.0295. The molecule has 0 aliphatic rings. The van der Waals surface area contributed by atoms with Gasteiger partial charge in [-0.1, -0.05) is 12.1 Å². The second-order valence-corrected chi connectivity index (χ2v) is 6.94. The highest BCUT2D eigenvalue weighted by atomic mass is 32.1. The molecule has 1 aromatic carbocycles. The Labute approximate surface area is 157 Å². The van der Waals surface area contributed by atoms with Crippen LogP contribution in [0.1, 0.15) is 36.2 Å². The first-order valence-corrected chi connectivity index (χ1v) is 9.37. The maximum atomic E-state index is 11.9. The molecule has 0 saturated heterocycles. The number of nitrogens with one attached hydrogen (secondary N) is 3. The monoisotopic (exact) mass is 373 g/mol. The Bertz CT molecular complexity index is 740. The number of carbonyl (C=O) groups is 3. The summed E-state index contributed by atoms with van der Waals surface area (Å²) in [4.78, 5) is 35.4. The minimum Gasteiger partial charge on any atom is -0.354 e. The Morgan fingerprint density at radius 2 is 1.77 bits per heavy atom. The summed E-state index contributed by atoms with van der Waals surface area (Å²) in [6.45, 7) is 4.10. The molecule has 2 rings (SSSR count). The number of carbonyl (C=O) groups excluding carboxylic acids is 3. The van der Waals surface area contributed by atoms with Crippen molar-refractivity contribution in [1.82, 2.24) is 10.6 Å². The van der Waals surface area contributed by atoms with Gasteiger partial charge in [0.05, 0.1) is 6.42 Å². The largest absolute Gasteiger partial charge is 0.354 e. The van der Waals surface area contributed by atoms with E-state index in [9.17, 15) is 14.4 Å². The van der Waals surface area contributed by atoms with Crippen molar-refractivity contribution >= 4 is 34.7 Å². The molecule has 26 heavy (non-hydrogen) atoms. The summed E-state index contributed by atoms with van der Waals surface area (Å²) in [5.74, 6) is -0.387. The average Bonchev–Trinajstić information content (AvgIpc) is 3.10. The number of amides is 3. The molecule has 6 nitrogen and oxygen atoms in total. The fraction of sp³-hybridized carbons (Fsp3) is 0.316. The maximum absolute atomic E-state index is 11.9. The molecule has 0 aliphatic carbocycles. The summed E-state index contributed by atoms with van der Waals surface area (Å²) >= 11 is 1.45. The van der Waals surface area contributed by atoms with Crippen LogP contribution in [0.25, 0.3) is 0 Å². The topological polar surface area (TPSA) is 87.3 Å². The van der Waals surface area contributed by atoms with Gasteiger partial charge in [-0.25, -0.2) is 0 Å². The van der Waals surface area contributed by atoms with Crippen molar-refractivity contribution in [3.05, 3.63) is 52.2 Å². The number of thiophene rings is 1. The van der Waals surface area contributed by atoms with Gasteiger partial charge in [-0.05, 0) is 43.0 Å². The van der Waals surface area contributed by atoms with Crippen LogP contribution in [0, 0.1) is 0 Å². The molecule has 0 bridgehead atoms. The number of hydrogen-bond acceptors (Lipinski definition) is 4. The minimum atomic E-state index is -0.180. The molecule has 0 spiro atoms. The van der Waals surface area contributed by atoms with E-state index >= 15 is 0 Å². The van der Waals surface area contributed by atoms with Crippen LogP contribution >= 0.6 is 11.3 Å². The lowest BCUT2D eigenvalue weighted by molar-refractivity contribution is -0.121. The number of benzene rings is 1. The highest BCUT2D eigenvalue weighted by Crippen LogP contribution is 2.11. The zero-order chi connectivity index (χ0) is 18.9. The third-order valence-electron chi connectivity index (χ3n) is 3.47. The van der Waals surface area contributed by atoms with E-state index in [2.05, 4.69) is 16.0 Å². The molecule has 1 heterocycles. The van der Waals surface area contributed by atoms with Gasteiger partial charge in [-0.3, -0.25) is 14.4 Å². The Morgan fingerprint density at radius 3 is 2.38 bits per heavy atom. The predicted molar refractivity (Wildman–Crippen MR) is 103 cm³/mol. The number of rotatable bonds is 8. The van der Waals surface area contributed by atoms with Crippen molar-refractivity contribution in [2.75, 3.05) is 11.9 Å². The fourth-order valence-corrected chi connectivity index (χ4v) is 2.91. The van der Waals surface area contributed by atoms with Gasteiger partial charge in [0.1, 0.15) is 0 Å². The second kappa shape index (κ2) is 9.72. The molecule has 1 aromatic heterocycles. The molecule has 138 valence electrons. The molecule has 3 N–H and O–H groups in total.